The Morgan fingerprint density at radius 2 is 1.14 bits per heavy atom. The molecule has 8 atom stereocenters. The number of nitrogens with two attached hydrogens (primary N) is 1. The van der Waals surface area contributed by atoms with Crippen LogP contribution in [0.15, 0.2) is 48.5 Å². The van der Waals surface area contributed by atoms with E-state index < -0.39 is 126 Å². The molecule has 100 heavy (non-hydrogen) atoms. The third-order valence-corrected chi connectivity index (χ3v) is 20.6. The first-order valence-corrected chi connectivity index (χ1v) is 37.2. The van der Waals surface area contributed by atoms with Gasteiger partial charge in [0.05, 0.1) is 32.3 Å². The van der Waals surface area contributed by atoms with Crippen LogP contribution in [-0.4, -0.2) is 296 Å². The van der Waals surface area contributed by atoms with E-state index in [2.05, 4.69) is 31.9 Å². The molecule has 0 aromatic heterocycles. The van der Waals surface area contributed by atoms with E-state index in [0.29, 0.717) is 48.5 Å². The van der Waals surface area contributed by atoms with Gasteiger partial charge in [0, 0.05) is 126 Å². The van der Waals surface area contributed by atoms with Gasteiger partial charge in [0.15, 0.2) is 0 Å². The molecule has 34 heteroatoms. The van der Waals surface area contributed by atoms with Crippen LogP contribution in [-0.2, 0) is 86.0 Å². The second kappa shape index (κ2) is 42.0. The molecule has 0 spiro atoms. The number of amides is 9. The summed E-state index contributed by atoms with van der Waals surface area (Å²) in [5, 5.41) is 66.5. The number of nitrogens with one attached hydrogen (secondary N) is 6. The molecule has 31 nitrogen and oxygen atoms in total. The molecule has 13 N–H and O–H groups in total. The third kappa shape index (κ3) is 27.7. The maximum Gasteiger partial charge on any atom is 0.327 e. The van der Waals surface area contributed by atoms with Crippen LogP contribution >= 0.6 is 35.3 Å². The number of carboxylic acids is 4. The highest BCUT2D eigenvalue weighted by molar-refractivity contribution is 7.99. The Morgan fingerprint density at radius 1 is 0.610 bits per heavy atom. The summed E-state index contributed by atoms with van der Waals surface area (Å²) < 4.78 is 0. The van der Waals surface area contributed by atoms with Gasteiger partial charge in [0.1, 0.15) is 42.3 Å². The predicted octanol–water partition coefficient (Wildman–Crippen LogP) is -1.44. The molecule has 0 radical (unpaired) electrons. The van der Waals surface area contributed by atoms with Crippen molar-refractivity contribution >= 4 is 112 Å². The average molecular weight is 1460 g/mol. The number of hydrogen-bond donors (Lipinski definition) is 12. The number of rotatable bonds is 24. The fourth-order valence-corrected chi connectivity index (χ4v) is 14.9. The summed E-state index contributed by atoms with van der Waals surface area (Å²) in [6.45, 7) is 4.59. The first-order chi connectivity index (χ1) is 47.8. The minimum absolute atomic E-state index is 0.0755. The first-order valence-electron chi connectivity index (χ1n) is 33.8. The topological polar surface area (TPSA) is 441 Å². The van der Waals surface area contributed by atoms with Crippen molar-refractivity contribution in [2.45, 2.75) is 144 Å². The summed E-state index contributed by atoms with van der Waals surface area (Å²) in [5.41, 5.74) is 8.50. The Bertz CT molecular complexity index is 3130. The van der Waals surface area contributed by atoms with E-state index in [1.54, 1.807) is 45.0 Å². The van der Waals surface area contributed by atoms with Gasteiger partial charge in [-0.2, -0.15) is 35.3 Å². The number of primary amides is 1. The normalized spacial score (nSPS) is 23.5. The van der Waals surface area contributed by atoms with Crippen molar-refractivity contribution < 1.29 is 87.9 Å². The van der Waals surface area contributed by atoms with Crippen molar-refractivity contribution in [2.75, 3.05) is 115 Å². The standard InChI is InChI=1S/C66H97N13O18S3/c1-3-4-14-54(82)69-49-40-99-38-45-29-44(37-98-28-17-68-55(83)33-74-20-22-75(34-56(84)85)24-26-77(36-58(88)89)27-25-76(23-21-74)35-57(86)87)30-46(31-45)39-100-41-50(66(96)97)72-61(91)48(32-43-10-6-5-7-11-43)71-60(90)47(15-16-53(67)81)70-63(93)59(42(2)80)73-62(92)51-12-8-18-78(51)65(95)52-13-9-19-79(52)64(49)94/h5-7,10-11,29-31,42,47-52,59,80H,3-4,8-9,12-28,32-41H2,1-2H3,(H2,67,81)(H,68,83)(H,69,82)(H,70,93)(H,71,90)(H,72,91)(H,73,92)(H,84,85)(H,86,87)(H,88,89)(H,96,97)/t42-,47+,48+,49+,50+,51+,52+,59+/m1/s1. The van der Waals surface area contributed by atoms with Gasteiger partial charge in [-0.3, -0.25) is 77.1 Å². The van der Waals surface area contributed by atoms with Crippen LogP contribution in [0.4, 0.5) is 0 Å². The Balaban J connectivity index is 1.25. The fourth-order valence-electron chi connectivity index (χ4n) is 12.2. The van der Waals surface area contributed by atoms with E-state index >= 15 is 0 Å². The number of thioether (sulfide) groups is 3. The van der Waals surface area contributed by atoms with E-state index in [1.807, 2.05) is 30.0 Å². The number of aliphatic hydroxyl groups is 1. The molecular formula is C66H97N13O18S3. The molecule has 0 unspecified atom stereocenters. The first kappa shape index (κ1) is 81.4. The van der Waals surface area contributed by atoms with E-state index in [1.165, 1.54) is 52.0 Å². The zero-order valence-corrected chi connectivity index (χ0v) is 59.1. The minimum atomic E-state index is -1.71. The Morgan fingerprint density at radius 3 is 1.68 bits per heavy atom. The molecule has 3 fully saturated rings. The van der Waals surface area contributed by atoms with Gasteiger partial charge in [-0.05, 0) is 67.7 Å². The number of hydrogen-bond acceptors (Lipinski definition) is 21. The van der Waals surface area contributed by atoms with Crippen molar-refractivity contribution in [1.82, 2.24) is 61.3 Å². The van der Waals surface area contributed by atoms with Crippen LogP contribution in [0.1, 0.15) is 93.9 Å². The number of nitrogens with zero attached hydrogens (tertiary/aromatic N) is 6. The lowest BCUT2D eigenvalue weighted by atomic mass is 10.0. The van der Waals surface area contributed by atoms with Crippen LogP contribution in [0.5, 0.6) is 0 Å². The number of carbonyl (C=O) groups is 13. The molecule has 2 bridgehead atoms. The van der Waals surface area contributed by atoms with Crippen LogP contribution in [0.25, 0.3) is 0 Å². The molecular weight excluding hydrogens is 1360 g/mol. The minimum Gasteiger partial charge on any atom is -0.480 e. The second-order valence-corrected chi connectivity index (χ2v) is 28.6. The molecule has 3 saturated heterocycles. The summed E-state index contributed by atoms with van der Waals surface area (Å²) in [6.07, 6.45) is 0.108. The Kier molecular flexibility index (Phi) is 34.2. The van der Waals surface area contributed by atoms with Gasteiger partial charge in [-0.15, -0.1) is 0 Å². The van der Waals surface area contributed by atoms with E-state index in [9.17, 15) is 87.9 Å². The molecule has 9 amide bonds. The SMILES string of the molecule is CCCCC(=O)N[C@H]1CSCc2cc(CSCCNC(=O)CN3CCN(CC(=O)O)CCN(CC(=O)O)CCN(CC(=O)O)CC3)cc(c2)CSC[C@@H](C(=O)O)NC(=O)[C@H](Cc2ccccc2)NC(=O)[C@H](CCC(N)=O)NC(=O)[C@H]([C@@H](C)O)NC(=O)[C@@H]2CCCN2C(=O)[C@@H]2CCCN2C1=O. The van der Waals surface area contributed by atoms with Gasteiger partial charge >= 0.3 is 23.9 Å². The van der Waals surface area contributed by atoms with Crippen molar-refractivity contribution in [3.63, 3.8) is 0 Å². The molecule has 2 aromatic carbocycles. The number of benzene rings is 2. The van der Waals surface area contributed by atoms with E-state index in [0.717, 1.165) is 16.7 Å². The highest BCUT2D eigenvalue weighted by Crippen LogP contribution is 2.28. The summed E-state index contributed by atoms with van der Waals surface area (Å²) in [6, 6.07) is 4.88. The van der Waals surface area contributed by atoms with Crippen molar-refractivity contribution in [2.24, 2.45) is 5.73 Å². The largest absolute Gasteiger partial charge is 0.480 e. The molecule has 6 rings (SSSR count). The van der Waals surface area contributed by atoms with Crippen molar-refractivity contribution in [3.8, 4) is 0 Å². The predicted molar refractivity (Wildman–Crippen MR) is 373 cm³/mol. The number of carboxylic acid groups (broad SMARTS) is 4. The Labute approximate surface area is 594 Å². The molecule has 0 saturated carbocycles. The quantitative estimate of drug-likeness (QED) is 0.0536. The number of aliphatic carboxylic acids is 4. The zero-order chi connectivity index (χ0) is 72.8. The monoisotopic (exact) mass is 1460 g/mol. The molecule has 2 aromatic rings. The number of aliphatic hydroxyl groups excluding tert-OH is 1. The molecule has 552 valence electrons. The molecule has 4 heterocycles. The van der Waals surface area contributed by atoms with Crippen LogP contribution in [0, 0.1) is 0 Å². The lowest BCUT2D eigenvalue weighted by Gasteiger charge is -2.33. The van der Waals surface area contributed by atoms with Crippen LogP contribution in [0.3, 0.4) is 0 Å². The smallest absolute Gasteiger partial charge is 0.327 e. The van der Waals surface area contributed by atoms with Gasteiger partial charge < -0.3 is 73.0 Å². The average Bonchev–Trinajstić information content (AvgIpc) is 1.56. The zero-order valence-electron chi connectivity index (χ0n) is 56.7. The van der Waals surface area contributed by atoms with Crippen LogP contribution in [0.2, 0.25) is 0 Å². The summed E-state index contributed by atoms with van der Waals surface area (Å²) >= 11 is 4.08. The van der Waals surface area contributed by atoms with Crippen LogP contribution < -0.4 is 37.6 Å². The lowest BCUT2D eigenvalue weighted by molar-refractivity contribution is -0.148. The number of carbonyl (C=O) groups excluding carboxylic acids is 9. The summed E-state index contributed by atoms with van der Waals surface area (Å²) in [5.74, 6) is -9.47. The molecule has 0 aliphatic carbocycles. The van der Waals surface area contributed by atoms with E-state index in [-0.39, 0.29) is 153 Å². The van der Waals surface area contributed by atoms with Gasteiger partial charge in [-0.1, -0.05) is 61.9 Å². The lowest BCUT2D eigenvalue weighted by Crippen LogP contribution is -2.61. The van der Waals surface area contributed by atoms with E-state index in [4.69, 9.17) is 5.73 Å². The summed E-state index contributed by atoms with van der Waals surface area (Å²) in [4.78, 5) is 184. The fraction of sp³-hybridized carbons (Fsp3) is 0.621. The summed E-state index contributed by atoms with van der Waals surface area (Å²) in [7, 11) is 0. The van der Waals surface area contributed by atoms with Gasteiger partial charge in [-0.25, -0.2) is 4.79 Å². The third-order valence-electron chi connectivity index (χ3n) is 17.4. The second-order valence-electron chi connectivity index (χ2n) is 25.4. The number of fused-ring (bicyclic) bond motifs is 4. The molecule has 4 aliphatic rings. The highest BCUT2D eigenvalue weighted by Gasteiger charge is 2.45. The van der Waals surface area contributed by atoms with Gasteiger partial charge in [0.2, 0.25) is 53.2 Å². The van der Waals surface area contributed by atoms with Gasteiger partial charge in [0.25, 0.3) is 0 Å². The van der Waals surface area contributed by atoms with Crippen molar-refractivity contribution in [1.29, 1.82) is 0 Å². The maximum atomic E-state index is 14.8. The van der Waals surface area contributed by atoms with Crippen molar-refractivity contribution in [3.05, 3.63) is 70.8 Å². The Hall–Kier alpha value is -7.60. The number of unbranched alkanes of at least 4 members (excludes halogenated alkanes) is 1. The molecule has 4 aliphatic heterocycles. The maximum absolute atomic E-state index is 14.8. The highest BCUT2D eigenvalue weighted by atomic mass is 32.2.